The second-order valence-corrected chi connectivity index (χ2v) is 5.30. The van der Waals surface area contributed by atoms with E-state index in [1.54, 1.807) is 6.21 Å². The van der Waals surface area contributed by atoms with Crippen LogP contribution >= 0.6 is 0 Å². The van der Waals surface area contributed by atoms with Crippen molar-refractivity contribution in [3.05, 3.63) is 0 Å². The molecule has 0 aromatic carbocycles. The summed E-state index contributed by atoms with van der Waals surface area (Å²) in [6.07, 6.45) is 4.20. The summed E-state index contributed by atoms with van der Waals surface area (Å²) in [4.78, 5) is 15.1. The molecule has 0 aromatic rings. The van der Waals surface area contributed by atoms with Crippen LogP contribution in [-0.4, -0.2) is 29.6 Å². The van der Waals surface area contributed by atoms with Gasteiger partial charge in [0.1, 0.15) is 5.60 Å². The number of ether oxygens (including phenoxy) is 1. The topological polar surface area (TPSA) is 58.9 Å². The molecule has 1 saturated carbocycles. The first-order valence-corrected chi connectivity index (χ1v) is 5.80. The van der Waals surface area contributed by atoms with Gasteiger partial charge >= 0.3 is 6.09 Å². The molecule has 1 fully saturated rings. The minimum absolute atomic E-state index is 0.172. The third kappa shape index (κ3) is 4.31. The van der Waals surface area contributed by atoms with Crippen LogP contribution in [0.5, 0.6) is 0 Å². The van der Waals surface area contributed by atoms with Crippen molar-refractivity contribution < 1.29 is 14.6 Å². The molecule has 16 heavy (non-hydrogen) atoms. The molecule has 1 unspecified atom stereocenters. The first kappa shape index (κ1) is 13.2. The van der Waals surface area contributed by atoms with Gasteiger partial charge in [0.25, 0.3) is 0 Å². The number of rotatable bonds is 2. The fourth-order valence-electron chi connectivity index (χ4n) is 1.93. The fourth-order valence-corrected chi connectivity index (χ4v) is 1.93. The van der Waals surface area contributed by atoms with Crippen LogP contribution in [-0.2, 0) is 4.74 Å². The Morgan fingerprint density at radius 1 is 1.50 bits per heavy atom. The minimum atomic E-state index is -0.545. The van der Waals surface area contributed by atoms with E-state index in [2.05, 4.69) is 4.99 Å². The van der Waals surface area contributed by atoms with Gasteiger partial charge in [-0.2, -0.15) is 4.99 Å². The molecule has 0 bridgehead atoms. The van der Waals surface area contributed by atoms with Crippen LogP contribution in [0, 0.1) is 11.8 Å². The summed E-state index contributed by atoms with van der Waals surface area (Å²) in [6.45, 7) is 5.61. The summed E-state index contributed by atoms with van der Waals surface area (Å²) in [5.41, 5.74) is -0.500. The number of hydrogen-bond acceptors (Lipinski definition) is 3. The van der Waals surface area contributed by atoms with E-state index in [0.29, 0.717) is 0 Å². The van der Waals surface area contributed by atoms with E-state index in [0.717, 1.165) is 19.3 Å². The van der Waals surface area contributed by atoms with Crippen molar-refractivity contribution in [3.8, 4) is 0 Å². The van der Waals surface area contributed by atoms with E-state index in [9.17, 15) is 4.79 Å². The van der Waals surface area contributed by atoms with E-state index in [4.69, 9.17) is 9.84 Å². The highest BCUT2D eigenvalue weighted by Crippen LogP contribution is 2.29. The third-order valence-electron chi connectivity index (χ3n) is 2.72. The lowest BCUT2D eigenvalue weighted by atomic mass is 9.98. The summed E-state index contributed by atoms with van der Waals surface area (Å²) < 4.78 is 5.07. The number of nitrogens with zero attached hydrogens (tertiary/aromatic N) is 1. The van der Waals surface area contributed by atoms with Crippen molar-refractivity contribution in [3.63, 3.8) is 0 Å². The van der Waals surface area contributed by atoms with Crippen molar-refractivity contribution in [2.75, 3.05) is 6.61 Å². The van der Waals surface area contributed by atoms with Crippen LogP contribution in [0.1, 0.15) is 40.0 Å². The zero-order valence-electron chi connectivity index (χ0n) is 10.3. The summed E-state index contributed by atoms with van der Waals surface area (Å²) in [7, 11) is 0. The fraction of sp³-hybridized carbons (Fsp3) is 0.833. The Labute approximate surface area is 96.7 Å². The highest BCUT2D eigenvalue weighted by Gasteiger charge is 2.25. The Kier molecular flexibility index (Phi) is 4.47. The molecule has 4 heteroatoms. The number of hydrogen-bond donors (Lipinski definition) is 1. The molecule has 2 atom stereocenters. The minimum Gasteiger partial charge on any atom is -0.442 e. The first-order chi connectivity index (χ1) is 7.42. The molecule has 0 saturated heterocycles. The predicted molar refractivity (Wildman–Crippen MR) is 62.6 cm³/mol. The quantitative estimate of drug-likeness (QED) is 0.737. The maximum Gasteiger partial charge on any atom is 0.433 e. The molecule has 0 aromatic heterocycles. The molecular formula is C12H21NO3. The molecule has 0 spiro atoms. The van der Waals surface area contributed by atoms with E-state index >= 15 is 0 Å². The van der Waals surface area contributed by atoms with E-state index in [1.165, 1.54) is 0 Å². The second kappa shape index (κ2) is 5.43. The molecule has 1 aliphatic rings. The Morgan fingerprint density at radius 2 is 2.19 bits per heavy atom. The Hall–Kier alpha value is -0.900. The van der Waals surface area contributed by atoms with Crippen molar-refractivity contribution in [1.82, 2.24) is 0 Å². The van der Waals surface area contributed by atoms with Gasteiger partial charge in [-0.1, -0.05) is 6.42 Å². The van der Waals surface area contributed by atoms with Gasteiger partial charge in [0, 0.05) is 12.8 Å². The highest BCUT2D eigenvalue weighted by atomic mass is 16.6. The average Bonchev–Trinajstić information content (AvgIpc) is 2.59. The van der Waals surface area contributed by atoms with Crippen LogP contribution in [0.4, 0.5) is 4.79 Å². The molecule has 4 nitrogen and oxygen atoms in total. The van der Waals surface area contributed by atoms with Gasteiger partial charge in [0.15, 0.2) is 0 Å². The number of amides is 1. The Balaban J connectivity index is 2.44. The summed E-state index contributed by atoms with van der Waals surface area (Å²) in [5, 5.41) is 9.11. The number of carbonyl (C=O) groups excluding carboxylic acids is 1. The lowest BCUT2D eigenvalue weighted by molar-refractivity contribution is 0.0604. The second-order valence-electron chi connectivity index (χ2n) is 5.30. The van der Waals surface area contributed by atoms with Crippen LogP contribution in [0.3, 0.4) is 0 Å². The predicted octanol–water partition coefficient (Wildman–Crippen LogP) is 2.40. The molecule has 0 heterocycles. The summed E-state index contributed by atoms with van der Waals surface area (Å²) in [6, 6.07) is 0. The van der Waals surface area contributed by atoms with E-state index in [-0.39, 0.29) is 18.4 Å². The number of aliphatic hydroxyl groups is 1. The molecular weight excluding hydrogens is 206 g/mol. The Morgan fingerprint density at radius 3 is 2.75 bits per heavy atom. The zero-order chi connectivity index (χ0) is 12.2. The smallest absolute Gasteiger partial charge is 0.433 e. The third-order valence-corrected chi connectivity index (χ3v) is 2.72. The first-order valence-electron chi connectivity index (χ1n) is 5.80. The number of aliphatic hydroxyl groups excluding tert-OH is 1. The van der Waals surface area contributed by atoms with Crippen molar-refractivity contribution >= 4 is 12.3 Å². The van der Waals surface area contributed by atoms with Crippen LogP contribution in [0.25, 0.3) is 0 Å². The lowest BCUT2D eigenvalue weighted by Gasteiger charge is -2.17. The SMILES string of the molecule is CC(C)(C)OC(=O)/N=C/C1CCC[C@@H]1CO. The van der Waals surface area contributed by atoms with Gasteiger partial charge in [-0.3, -0.25) is 0 Å². The van der Waals surface area contributed by atoms with Gasteiger partial charge in [0.05, 0.1) is 0 Å². The van der Waals surface area contributed by atoms with Crippen molar-refractivity contribution in [1.29, 1.82) is 0 Å². The van der Waals surface area contributed by atoms with Crippen molar-refractivity contribution in [2.24, 2.45) is 16.8 Å². The maximum absolute atomic E-state index is 11.3. The zero-order valence-corrected chi connectivity index (χ0v) is 10.3. The average molecular weight is 227 g/mol. The highest BCUT2D eigenvalue weighted by molar-refractivity contribution is 5.80. The van der Waals surface area contributed by atoms with Gasteiger partial charge in [-0.05, 0) is 45.4 Å². The molecule has 1 N–H and O–H groups in total. The van der Waals surface area contributed by atoms with Gasteiger partial charge < -0.3 is 9.84 Å². The summed E-state index contributed by atoms with van der Waals surface area (Å²) >= 11 is 0. The van der Waals surface area contributed by atoms with E-state index in [1.807, 2.05) is 20.8 Å². The molecule has 1 amide bonds. The normalized spacial score (nSPS) is 26.2. The molecule has 1 rings (SSSR count). The van der Waals surface area contributed by atoms with Gasteiger partial charge in [0.2, 0.25) is 0 Å². The van der Waals surface area contributed by atoms with Gasteiger partial charge in [-0.15, -0.1) is 0 Å². The molecule has 0 aliphatic heterocycles. The van der Waals surface area contributed by atoms with Crippen LogP contribution < -0.4 is 0 Å². The maximum atomic E-state index is 11.3. The molecule has 92 valence electrons. The molecule has 1 aliphatic carbocycles. The van der Waals surface area contributed by atoms with Gasteiger partial charge in [-0.25, -0.2) is 4.79 Å². The molecule has 0 radical (unpaired) electrons. The largest absolute Gasteiger partial charge is 0.442 e. The number of aliphatic imine (C=N–C) groups is 1. The van der Waals surface area contributed by atoms with Crippen LogP contribution in [0.15, 0.2) is 4.99 Å². The van der Waals surface area contributed by atoms with Crippen LogP contribution in [0.2, 0.25) is 0 Å². The van der Waals surface area contributed by atoms with E-state index < -0.39 is 11.7 Å². The number of carbonyl (C=O) groups is 1. The Bertz CT molecular complexity index is 268. The monoisotopic (exact) mass is 227 g/mol. The lowest BCUT2D eigenvalue weighted by Crippen LogP contribution is -2.22. The summed E-state index contributed by atoms with van der Waals surface area (Å²) in [5.74, 6) is 0.476. The standard InChI is InChI=1S/C12H21NO3/c1-12(2,3)16-11(15)13-7-9-5-4-6-10(9)8-14/h7,9-10,14H,4-6,8H2,1-3H3/b13-7+/t9?,10-/m1/s1. The van der Waals surface area contributed by atoms with Crippen molar-refractivity contribution in [2.45, 2.75) is 45.6 Å².